The number of carbonyl (C=O) groups is 1. The highest BCUT2D eigenvalue weighted by molar-refractivity contribution is 14.0. The predicted octanol–water partition coefficient (Wildman–Crippen LogP) is 2.02. The number of benzene rings is 1. The molecule has 0 radical (unpaired) electrons. The normalized spacial score (nSPS) is 11.0. The lowest BCUT2D eigenvalue weighted by Crippen LogP contribution is -2.40. The van der Waals surface area contributed by atoms with E-state index in [1.165, 1.54) is 17.0 Å². The number of amides is 1. The number of hydrogen-bond acceptors (Lipinski definition) is 4. The monoisotopic (exact) mass is 500 g/mol. The summed E-state index contributed by atoms with van der Waals surface area (Å²) in [6.07, 6.45) is 0. The predicted molar refractivity (Wildman–Crippen MR) is 111 cm³/mol. The fourth-order valence-electron chi connectivity index (χ4n) is 1.99. The van der Waals surface area contributed by atoms with Crippen molar-refractivity contribution < 1.29 is 23.0 Å². The molecule has 0 aromatic heterocycles. The second-order valence-corrected chi connectivity index (χ2v) is 5.73. The number of methoxy groups -OCH3 is 1. The van der Waals surface area contributed by atoms with Gasteiger partial charge in [0.1, 0.15) is 12.3 Å². The van der Waals surface area contributed by atoms with Crippen molar-refractivity contribution in [3.63, 3.8) is 0 Å². The summed E-state index contributed by atoms with van der Waals surface area (Å²) in [6.45, 7) is -1.32. The molecular formula is C17H27F2IN4O3. The number of aliphatic imine (C=N–C) groups is 1. The van der Waals surface area contributed by atoms with Gasteiger partial charge in [-0.05, 0) is 17.7 Å². The van der Waals surface area contributed by atoms with E-state index in [1.54, 1.807) is 33.3 Å². The molecule has 1 aromatic carbocycles. The Morgan fingerprint density at radius 2 is 1.85 bits per heavy atom. The smallest absolute Gasteiger partial charge is 0.387 e. The second kappa shape index (κ2) is 13.5. The van der Waals surface area contributed by atoms with Gasteiger partial charge in [0.2, 0.25) is 5.91 Å². The van der Waals surface area contributed by atoms with Crippen molar-refractivity contribution in [2.24, 2.45) is 4.99 Å². The largest absolute Gasteiger partial charge is 0.435 e. The van der Waals surface area contributed by atoms with E-state index in [1.807, 2.05) is 11.9 Å². The number of guanidine groups is 1. The highest BCUT2D eigenvalue weighted by Gasteiger charge is 2.10. The third-order valence-electron chi connectivity index (χ3n) is 3.38. The van der Waals surface area contributed by atoms with E-state index in [0.717, 1.165) is 5.56 Å². The molecule has 0 atom stereocenters. The van der Waals surface area contributed by atoms with E-state index in [2.05, 4.69) is 15.0 Å². The fourth-order valence-corrected chi connectivity index (χ4v) is 1.99. The van der Waals surface area contributed by atoms with Gasteiger partial charge >= 0.3 is 6.61 Å². The Balaban J connectivity index is 0.00000676. The Bertz CT molecular complexity index is 586. The molecule has 1 aromatic rings. The van der Waals surface area contributed by atoms with Crippen LogP contribution in [0.3, 0.4) is 0 Å². The van der Waals surface area contributed by atoms with Gasteiger partial charge in [-0.15, -0.1) is 24.0 Å². The molecule has 0 saturated heterocycles. The van der Waals surface area contributed by atoms with Gasteiger partial charge in [0.05, 0.1) is 6.61 Å². The first-order valence-corrected chi connectivity index (χ1v) is 8.05. The van der Waals surface area contributed by atoms with Gasteiger partial charge in [0.15, 0.2) is 5.96 Å². The van der Waals surface area contributed by atoms with Gasteiger partial charge in [0.25, 0.3) is 0 Å². The molecule has 0 bridgehead atoms. The first-order valence-electron chi connectivity index (χ1n) is 8.05. The SMILES string of the molecule is COCCNC(=NCC(=O)N(C)C)N(C)Cc1ccc(OC(F)F)cc1.I. The number of nitrogens with zero attached hydrogens (tertiary/aromatic N) is 3. The van der Waals surface area contributed by atoms with Crippen LogP contribution in [0.2, 0.25) is 0 Å². The van der Waals surface area contributed by atoms with Gasteiger partial charge in [-0.3, -0.25) is 4.79 Å². The summed E-state index contributed by atoms with van der Waals surface area (Å²) in [5.74, 6) is 0.540. The Morgan fingerprint density at radius 1 is 1.22 bits per heavy atom. The lowest BCUT2D eigenvalue weighted by Gasteiger charge is -2.23. The van der Waals surface area contributed by atoms with Crippen molar-refractivity contribution in [1.82, 2.24) is 15.1 Å². The van der Waals surface area contributed by atoms with Crippen LogP contribution in [-0.4, -0.2) is 76.2 Å². The highest BCUT2D eigenvalue weighted by Crippen LogP contribution is 2.15. The van der Waals surface area contributed by atoms with E-state index < -0.39 is 6.61 Å². The molecule has 0 aliphatic heterocycles. The minimum absolute atomic E-state index is 0. The van der Waals surface area contributed by atoms with E-state index in [-0.39, 0.29) is 42.2 Å². The van der Waals surface area contributed by atoms with Crippen LogP contribution in [0, 0.1) is 0 Å². The maximum Gasteiger partial charge on any atom is 0.387 e. The quantitative estimate of drug-likeness (QED) is 0.243. The molecule has 0 saturated carbocycles. The second-order valence-electron chi connectivity index (χ2n) is 5.73. The van der Waals surface area contributed by atoms with Crippen molar-refractivity contribution in [3.8, 4) is 5.75 Å². The third kappa shape index (κ3) is 10.3. The molecule has 27 heavy (non-hydrogen) atoms. The summed E-state index contributed by atoms with van der Waals surface area (Å²) in [6, 6.07) is 6.37. The topological polar surface area (TPSA) is 66.4 Å². The number of rotatable bonds is 9. The number of nitrogens with one attached hydrogen (secondary N) is 1. The zero-order valence-electron chi connectivity index (χ0n) is 15.9. The van der Waals surface area contributed by atoms with E-state index in [4.69, 9.17) is 4.74 Å². The number of carbonyl (C=O) groups excluding carboxylic acids is 1. The van der Waals surface area contributed by atoms with Crippen molar-refractivity contribution >= 4 is 35.8 Å². The molecule has 1 rings (SSSR count). The Morgan fingerprint density at radius 3 is 2.37 bits per heavy atom. The van der Waals surface area contributed by atoms with Gasteiger partial charge in [-0.1, -0.05) is 12.1 Å². The van der Waals surface area contributed by atoms with Crippen molar-refractivity contribution in [2.75, 3.05) is 47.9 Å². The van der Waals surface area contributed by atoms with Crippen LogP contribution in [-0.2, 0) is 16.1 Å². The molecule has 154 valence electrons. The minimum Gasteiger partial charge on any atom is -0.435 e. The molecule has 1 amide bonds. The van der Waals surface area contributed by atoms with Crippen LogP contribution in [0.5, 0.6) is 5.75 Å². The van der Waals surface area contributed by atoms with Gasteiger partial charge in [-0.2, -0.15) is 8.78 Å². The Kier molecular flexibility index (Phi) is 12.6. The maximum absolute atomic E-state index is 12.2. The van der Waals surface area contributed by atoms with E-state index >= 15 is 0 Å². The molecule has 1 N–H and O–H groups in total. The summed E-state index contributed by atoms with van der Waals surface area (Å²) >= 11 is 0. The average molecular weight is 500 g/mol. The number of hydrogen-bond donors (Lipinski definition) is 1. The van der Waals surface area contributed by atoms with Gasteiger partial charge in [0, 0.05) is 41.3 Å². The zero-order valence-corrected chi connectivity index (χ0v) is 18.3. The molecule has 0 fully saturated rings. The number of ether oxygens (including phenoxy) is 2. The van der Waals surface area contributed by atoms with E-state index in [0.29, 0.717) is 25.7 Å². The van der Waals surface area contributed by atoms with Crippen LogP contribution in [0.25, 0.3) is 0 Å². The standard InChI is InChI=1S/C17H26F2N4O3.HI/c1-22(2)15(24)11-21-17(20-9-10-25-4)23(3)12-13-5-7-14(8-6-13)26-16(18)19;/h5-8,16H,9-12H2,1-4H3,(H,20,21);1H. The maximum atomic E-state index is 12.2. The lowest BCUT2D eigenvalue weighted by atomic mass is 10.2. The summed E-state index contributed by atoms with van der Waals surface area (Å²) < 4.78 is 33.7. The Hall–Kier alpha value is -1.69. The molecular weight excluding hydrogens is 473 g/mol. The van der Waals surface area contributed by atoms with E-state index in [9.17, 15) is 13.6 Å². The average Bonchev–Trinajstić information content (AvgIpc) is 2.58. The molecule has 0 spiro atoms. The number of halogens is 3. The van der Waals surface area contributed by atoms with Crippen molar-refractivity contribution in [3.05, 3.63) is 29.8 Å². The minimum atomic E-state index is -2.85. The summed E-state index contributed by atoms with van der Waals surface area (Å²) in [4.78, 5) is 19.4. The molecule has 0 aliphatic carbocycles. The lowest BCUT2D eigenvalue weighted by molar-refractivity contribution is -0.127. The molecule has 7 nitrogen and oxygen atoms in total. The molecule has 0 aliphatic rings. The van der Waals surface area contributed by atoms with Crippen molar-refractivity contribution in [1.29, 1.82) is 0 Å². The van der Waals surface area contributed by atoms with Crippen LogP contribution >= 0.6 is 24.0 Å². The zero-order chi connectivity index (χ0) is 19.5. The van der Waals surface area contributed by atoms with Crippen LogP contribution in [0.4, 0.5) is 8.78 Å². The molecule has 0 heterocycles. The first-order chi connectivity index (χ1) is 12.3. The van der Waals surface area contributed by atoms with Crippen LogP contribution < -0.4 is 10.1 Å². The summed E-state index contributed by atoms with van der Waals surface area (Å²) in [7, 11) is 6.76. The molecule has 10 heteroatoms. The number of likely N-dealkylation sites (N-methyl/N-ethyl adjacent to an activating group) is 1. The van der Waals surface area contributed by atoms with Gasteiger partial charge in [-0.25, -0.2) is 4.99 Å². The highest BCUT2D eigenvalue weighted by atomic mass is 127. The molecule has 0 unspecified atom stereocenters. The Labute approximate surface area is 175 Å². The number of alkyl halides is 2. The van der Waals surface area contributed by atoms with Crippen LogP contribution in [0.15, 0.2) is 29.3 Å². The van der Waals surface area contributed by atoms with Crippen molar-refractivity contribution in [2.45, 2.75) is 13.2 Å². The fraction of sp³-hybridized carbons (Fsp3) is 0.529. The first kappa shape index (κ1) is 25.3. The third-order valence-corrected chi connectivity index (χ3v) is 3.38. The summed E-state index contributed by atoms with van der Waals surface area (Å²) in [5, 5.41) is 3.13. The van der Waals surface area contributed by atoms with Gasteiger partial charge < -0.3 is 24.6 Å². The summed E-state index contributed by atoms with van der Waals surface area (Å²) in [5.41, 5.74) is 0.884. The van der Waals surface area contributed by atoms with Crippen LogP contribution in [0.1, 0.15) is 5.56 Å².